The van der Waals surface area contributed by atoms with E-state index in [0.29, 0.717) is 5.41 Å². The summed E-state index contributed by atoms with van der Waals surface area (Å²) in [5.74, 6) is 0. The maximum absolute atomic E-state index is 6.50. The minimum absolute atomic E-state index is 0.111. The van der Waals surface area contributed by atoms with Gasteiger partial charge in [0.25, 0.3) is 0 Å². The van der Waals surface area contributed by atoms with Crippen molar-refractivity contribution in [3.63, 3.8) is 0 Å². The highest BCUT2D eigenvalue weighted by Crippen LogP contribution is 2.52. The molecular formula is C24H27NO. The minimum Gasteiger partial charge on any atom is -0.368 e. The summed E-state index contributed by atoms with van der Waals surface area (Å²) in [4.78, 5) is 3.74. The summed E-state index contributed by atoms with van der Waals surface area (Å²) in [6, 6.07) is 19.9. The summed E-state index contributed by atoms with van der Waals surface area (Å²) < 4.78 is 6.50. The molecule has 0 amide bonds. The second-order valence-corrected chi connectivity index (χ2v) is 8.12. The number of hydrogen-bond donors (Lipinski definition) is 1. The van der Waals surface area contributed by atoms with Crippen molar-refractivity contribution in [2.45, 2.75) is 56.5 Å². The summed E-state index contributed by atoms with van der Waals surface area (Å²) in [6.45, 7) is 3.19. The lowest BCUT2D eigenvalue weighted by molar-refractivity contribution is -0.0991. The molecule has 0 unspecified atom stereocenters. The third kappa shape index (κ3) is 2.28. The first-order valence-corrected chi connectivity index (χ1v) is 10.1. The Morgan fingerprint density at radius 2 is 1.65 bits per heavy atom. The number of fused-ring (bicyclic) bond motifs is 4. The van der Waals surface area contributed by atoms with E-state index in [1.54, 1.807) is 0 Å². The lowest BCUT2D eigenvalue weighted by Crippen LogP contribution is -2.44. The van der Waals surface area contributed by atoms with Crippen LogP contribution in [0.2, 0.25) is 0 Å². The van der Waals surface area contributed by atoms with Crippen LogP contribution in [-0.4, -0.2) is 11.6 Å². The Morgan fingerprint density at radius 1 is 0.923 bits per heavy atom. The molecule has 0 saturated heterocycles. The van der Waals surface area contributed by atoms with Crippen LogP contribution >= 0.6 is 0 Å². The fourth-order valence-electron chi connectivity index (χ4n) is 5.43. The lowest BCUT2D eigenvalue weighted by atomic mass is 9.62. The summed E-state index contributed by atoms with van der Waals surface area (Å²) in [5.41, 5.74) is 5.82. The summed E-state index contributed by atoms with van der Waals surface area (Å²) in [7, 11) is 0. The molecule has 2 nitrogen and oxygen atoms in total. The maximum atomic E-state index is 6.50. The molecule has 1 aliphatic heterocycles. The largest absolute Gasteiger partial charge is 0.368 e. The Labute approximate surface area is 155 Å². The molecule has 1 spiro atoms. The number of hydrogen-bond acceptors (Lipinski definition) is 1. The van der Waals surface area contributed by atoms with Crippen molar-refractivity contribution in [3.05, 3.63) is 71.4 Å². The fraction of sp³-hybridized carbons (Fsp3) is 0.417. The van der Waals surface area contributed by atoms with Crippen LogP contribution in [0.15, 0.2) is 54.6 Å². The zero-order chi connectivity index (χ0) is 17.6. The summed E-state index contributed by atoms with van der Waals surface area (Å²) in [5, 5.41) is 1.39. The second-order valence-electron chi connectivity index (χ2n) is 8.12. The predicted molar refractivity (Wildman–Crippen MR) is 107 cm³/mol. The topological polar surface area (TPSA) is 25.0 Å². The SMILES string of the molecule is CCC1(c2ccccc2)CCC2(CC1)OCCc1c2[nH]c2ccccc12. The number of H-pyrrole nitrogens is 1. The number of nitrogens with one attached hydrogen (secondary N) is 1. The molecular weight excluding hydrogens is 318 g/mol. The molecule has 0 radical (unpaired) electrons. The molecule has 134 valence electrons. The van der Waals surface area contributed by atoms with Crippen molar-refractivity contribution >= 4 is 10.9 Å². The van der Waals surface area contributed by atoms with E-state index in [2.05, 4.69) is 66.5 Å². The Balaban J connectivity index is 1.52. The van der Waals surface area contributed by atoms with Crippen molar-refractivity contribution in [2.24, 2.45) is 0 Å². The van der Waals surface area contributed by atoms with Gasteiger partial charge in [0.15, 0.2) is 0 Å². The second kappa shape index (κ2) is 5.99. The standard InChI is InChI=1S/C24H27NO/c1-2-23(18-8-4-3-5-9-18)13-15-24(16-14-23)22-20(12-17-26-24)19-10-6-7-11-21(19)25-22/h3-11,25H,2,12-17H2,1H3. The van der Waals surface area contributed by atoms with Gasteiger partial charge in [-0.05, 0) is 61.1 Å². The van der Waals surface area contributed by atoms with Gasteiger partial charge < -0.3 is 9.72 Å². The number of aromatic nitrogens is 1. The molecule has 1 aliphatic carbocycles. The van der Waals surface area contributed by atoms with Crippen LogP contribution in [0.5, 0.6) is 0 Å². The van der Waals surface area contributed by atoms with Crippen LogP contribution in [0.25, 0.3) is 10.9 Å². The van der Waals surface area contributed by atoms with Gasteiger partial charge in [-0.25, -0.2) is 0 Å². The zero-order valence-electron chi connectivity index (χ0n) is 15.6. The molecule has 0 bridgehead atoms. The van der Waals surface area contributed by atoms with Crippen LogP contribution in [0.3, 0.4) is 0 Å². The van der Waals surface area contributed by atoms with Gasteiger partial charge in [0.05, 0.1) is 12.3 Å². The van der Waals surface area contributed by atoms with Crippen LogP contribution in [-0.2, 0) is 22.2 Å². The van der Waals surface area contributed by atoms with E-state index in [4.69, 9.17) is 4.74 Å². The Bertz CT molecular complexity index is 916. The number of ether oxygens (including phenoxy) is 1. The molecule has 0 atom stereocenters. The Morgan fingerprint density at radius 3 is 2.42 bits per heavy atom. The first-order chi connectivity index (χ1) is 12.8. The Kier molecular flexibility index (Phi) is 3.72. The van der Waals surface area contributed by atoms with Crippen LogP contribution in [0.4, 0.5) is 0 Å². The molecule has 2 heterocycles. The first kappa shape index (κ1) is 16.1. The van der Waals surface area contributed by atoms with E-state index in [-0.39, 0.29) is 5.60 Å². The molecule has 2 aromatic carbocycles. The van der Waals surface area contributed by atoms with Gasteiger partial charge in [0.2, 0.25) is 0 Å². The molecule has 1 saturated carbocycles. The van der Waals surface area contributed by atoms with Crippen LogP contribution in [0.1, 0.15) is 55.8 Å². The third-order valence-corrected chi connectivity index (χ3v) is 7.08. The number of rotatable bonds is 2. The van der Waals surface area contributed by atoms with E-state index in [1.807, 2.05) is 0 Å². The zero-order valence-corrected chi connectivity index (χ0v) is 15.6. The van der Waals surface area contributed by atoms with E-state index in [1.165, 1.54) is 47.0 Å². The molecule has 1 aromatic heterocycles. The van der Waals surface area contributed by atoms with Gasteiger partial charge in [-0.2, -0.15) is 0 Å². The molecule has 2 heteroatoms. The molecule has 1 fully saturated rings. The monoisotopic (exact) mass is 345 g/mol. The average molecular weight is 345 g/mol. The average Bonchev–Trinajstić information content (AvgIpc) is 3.10. The molecule has 5 rings (SSSR count). The van der Waals surface area contributed by atoms with E-state index >= 15 is 0 Å². The van der Waals surface area contributed by atoms with E-state index in [9.17, 15) is 0 Å². The highest BCUT2D eigenvalue weighted by Gasteiger charge is 2.47. The van der Waals surface area contributed by atoms with Crippen molar-refractivity contribution in [3.8, 4) is 0 Å². The fourth-order valence-corrected chi connectivity index (χ4v) is 5.43. The molecule has 1 N–H and O–H groups in total. The Hall–Kier alpha value is -2.06. The molecule has 26 heavy (non-hydrogen) atoms. The van der Waals surface area contributed by atoms with E-state index < -0.39 is 0 Å². The lowest BCUT2D eigenvalue weighted by Gasteiger charge is -2.48. The van der Waals surface area contributed by atoms with Gasteiger partial charge >= 0.3 is 0 Å². The van der Waals surface area contributed by atoms with Crippen molar-refractivity contribution < 1.29 is 4.74 Å². The minimum atomic E-state index is -0.111. The highest BCUT2D eigenvalue weighted by atomic mass is 16.5. The predicted octanol–water partition coefficient (Wildman–Crippen LogP) is 5.86. The van der Waals surface area contributed by atoms with Crippen molar-refractivity contribution in [1.29, 1.82) is 0 Å². The number of para-hydroxylation sites is 1. The van der Waals surface area contributed by atoms with Gasteiger partial charge in [0, 0.05) is 10.9 Å². The first-order valence-electron chi connectivity index (χ1n) is 10.1. The number of aromatic amines is 1. The molecule has 2 aliphatic rings. The van der Waals surface area contributed by atoms with Gasteiger partial charge in [-0.1, -0.05) is 55.5 Å². The third-order valence-electron chi connectivity index (χ3n) is 7.08. The van der Waals surface area contributed by atoms with Gasteiger partial charge in [-0.15, -0.1) is 0 Å². The molecule has 3 aromatic rings. The highest BCUT2D eigenvalue weighted by molar-refractivity contribution is 5.85. The van der Waals surface area contributed by atoms with Crippen LogP contribution < -0.4 is 0 Å². The summed E-state index contributed by atoms with van der Waals surface area (Å²) >= 11 is 0. The maximum Gasteiger partial charge on any atom is 0.108 e. The van der Waals surface area contributed by atoms with E-state index in [0.717, 1.165) is 25.9 Å². The van der Waals surface area contributed by atoms with Crippen molar-refractivity contribution in [1.82, 2.24) is 4.98 Å². The normalized spacial score (nSPS) is 28.3. The quantitative estimate of drug-likeness (QED) is 0.618. The summed E-state index contributed by atoms with van der Waals surface area (Å²) in [6.07, 6.45) is 6.83. The van der Waals surface area contributed by atoms with Gasteiger partial charge in [-0.3, -0.25) is 0 Å². The van der Waals surface area contributed by atoms with Gasteiger partial charge in [0.1, 0.15) is 5.60 Å². The van der Waals surface area contributed by atoms with Crippen LogP contribution in [0, 0.1) is 0 Å². The number of benzene rings is 2. The van der Waals surface area contributed by atoms with Crippen molar-refractivity contribution in [2.75, 3.05) is 6.61 Å². The smallest absolute Gasteiger partial charge is 0.108 e.